The van der Waals surface area contributed by atoms with Gasteiger partial charge in [0.1, 0.15) is 0 Å². The molecule has 0 bridgehead atoms. The Morgan fingerprint density at radius 2 is 1.88 bits per heavy atom. The molecule has 0 aliphatic heterocycles. The van der Waals surface area contributed by atoms with Gasteiger partial charge in [-0.25, -0.2) is 0 Å². The van der Waals surface area contributed by atoms with Crippen LogP contribution in [0.5, 0.6) is 0 Å². The minimum Gasteiger partial charge on any atom is -0.314 e. The van der Waals surface area contributed by atoms with Crippen LogP contribution < -0.4 is 5.32 Å². The van der Waals surface area contributed by atoms with Crippen molar-refractivity contribution in [1.29, 1.82) is 0 Å². The topological polar surface area (TPSA) is 15.3 Å². The Bertz CT molecular complexity index is 183. The van der Waals surface area contributed by atoms with E-state index in [9.17, 15) is 0 Å². The van der Waals surface area contributed by atoms with Crippen molar-refractivity contribution in [3.05, 3.63) is 0 Å². The first-order valence-corrected chi connectivity index (χ1v) is 7.98. The van der Waals surface area contributed by atoms with Crippen molar-refractivity contribution >= 4 is 11.8 Å². The van der Waals surface area contributed by atoms with Gasteiger partial charge in [-0.3, -0.25) is 0 Å². The summed E-state index contributed by atoms with van der Waals surface area (Å²) >= 11 is 1.95. The summed E-state index contributed by atoms with van der Waals surface area (Å²) in [5, 5.41) is 3.59. The van der Waals surface area contributed by atoms with Crippen molar-refractivity contribution < 1.29 is 0 Å². The van der Waals surface area contributed by atoms with Crippen LogP contribution in [-0.4, -0.2) is 48.6 Å². The van der Waals surface area contributed by atoms with E-state index in [0.717, 1.165) is 6.04 Å². The highest BCUT2D eigenvalue weighted by molar-refractivity contribution is 7.98. The molecule has 1 fully saturated rings. The molecular formula is C13H28N2S. The first-order chi connectivity index (χ1) is 7.65. The average molecular weight is 244 g/mol. The highest BCUT2D eigenvalue weighted by Gasteiger charge is 2.21. The summed E-state index contributed by atoms with van der Waals surface area (Å²) in [6, 6.07) is 2.26. The summed E-state index contributed by atoms with van der Waals surface area (Å²) in [5.41, 5.74) is 0. The van der Waals surface area contributed by atoms with Gasteiger partial charge in [-0.2, -0.15) is 11.8 Å². The predicted molar refractivity (Wildman–Crippen MR) is 75.3 cm³/mol. The van der Waals surface area contributed by atoms with Gasteiger partial charge in [-0.15, -0.1) is 0 Å². The Labute approximate surface area is 106 Å². The molecular weight excluding hydrogens is 216 g/mol. The lowest BCUT2D eigenvalue weighted by atomic mass is 10.1. The van der Waals surface area contributed by atoms with E-state index in [1.807, 2.05) is 11.8 Å². The Kier molecular flexibility index (Phi) is 6.78. The van der Waals surface area contributed by atoms with Crippen LogP contribution in [0.3, 0.4) is 0 Å². The molecule has 2 nitrogen and oxygen atoms in total. The van der Waals surface area contributed by atoms with Gasteiger partial charge in [0, 0.05) is 18.1 Å². The van der Waals surface area contributed by atoms with Crippen molar-refractivity contribution in [2.24, 2.45) is 0 Å². The smallest absolute Gasteiger partial charge is 0.00787 e. The molecule has 1 rings (SSSR count). The fraction of sp³-hybridized carbons (Fsp3) is 1.00. The van der Waals surface area contributed by atoms with E-state index in [0.29, 0.717) is 12.1 Å². The number of rotatable bonds is 9. The van der Waals surface area contributed by atoms with Gasteiger partial charge in [0.2, 0.25) is 0 Å². The predicted octanol–water partition coefficient (Wildman–Crippen LogP) is 2.59. The molecule has 2 atom stereocenters. The molecule has 2 unspecified atom stereocenters. The molecule has 0 heterocycles. The summed E-state index contributed by atoms with van der Waals surface area (Å²) in [6.45, 7) is 5.89. The molecule has 0 spiro atoms. The SMILES string of the molecule is CSCCC(C)N(C)C(C)CCNC1CC1. The standard InChI is InChI=1S/C13H28N2S/c1-11(7-9-14-13-5-6-13)15(3)12(2)8-10-16-4/h11-14H,5-10H2,1-4H3. The number of nitrogens with zero attached hydrogens (tertiary/aromatic N) is 1. The minimum absolute atomic E-state index is 0.697. The molecule has 1 aliphatic rings. The van der Waals surface area contributed by atoms with Crippen molar-refractivity contribution in [1.82, 2.24) is 10.2 Å². The van der Waals surface area contributed by atoms with Crippen molar-refractivity contribution in [3.63, 3.8) is 0 Å². The molecule has 96 valence electrons. The zero-order valence-electron chi connectivity index (χ0n) is 11.3. The summed E-state index contributed by atoms with van der Waals surface area (Å²) < 4.78 is 0. The summed E-state index contributed by atoms with van der Waals surface area (Å²) in [4.78, 5) is 2.53. The number of nitrogens with one attached hydrogen (secondary N) is 1. The summed E-state index contributed by atoms with van der Waals surface area (Å²) in [5.74, 6) is 1.28. The summed E-state index contributed by atoms with van der Waals surface area (Å²) in [6.07, 6.45) is 7.56. The maximum atomic E-state index is 3.59. The fourth-order valence-electron chi connectivity index (χ4n) is 1.91. The molecule has 0 saturated heterocycles. The van der Waals surface area contributed by atoms with Crippen LogP contribution in [0.2, 0.25) is 0 Å². The Morgan fingerprint density at radius 3 is 2.44 bits per heavy atom. The van der Waals surface area contributed by atoms with Gasteiger partial charge in [0.25, 0.3) is 0 Å². The summed E-state index contributed by atoms with van der Waals surface area (Å²) in [7, 11) is 2.27. The monoisotopic (exact) mass is 244 g/mol. The second-order valence-electron chi connectivity index (χ2n) is 5.16. The first kappa shape index (κ1) is 14.3. The van der Waals surface area contributed by atoms with Crippen LogP contribution in [-0.2, 0) is 0 Å². The third kappa shape index (κ3) is 5.55. The second kappa shape index (κ2) is 7.57. The van der Waals surface area contributed by atoms with E-state index in [2.05, 4.69) is 37.4 Å². The second-order valence-corrected chi connectivity index (χ2v) is 6.15. The van der Waals surface area contributed by atoms with Crippen molar-refractivity contribution in [3.8, 4) is 0 Å². The Morgan fingerprint density at radius 1 is 1.25 bits per heavy atom. The lowest BCUT2D eigenvalue weighted by Crippen LogP contribution is -2.39. The maximum absolute atomic E-state index is 3.59. The maximum Gasteiger partial charge on any atom is 0.00787 e. The Balaban J connectivity index is 2.09. The molecule has 16 heavy (non-hydrogen) atoms. The number of hydrogen-bond acceptors (Lipinski definition) is 3. The molecule has 0 aromatic heterocycles. The van der Waals surface area contributed by atoms with E-state index in [4.69, 9.17) is 0 Å². The fourth-order valence-corrected chi connectivity index (χ4v) is 2.49. The Hall–Kier alpha value is 0.270. The molecule has 0 amide bonds. The quantitative estimate of drug-likeness (QED) is 0.671. The molecule has 1 saturated carbocycles. The van der Waals surface area contributed by atoms with Crippen LogP contribution in [0.4, 0.5) is 0 Å². The van der Waals surface area contributed by atoms with Crippen molar-refractivity contribution in [2.75, 3.05) is 25.6 Å². The van der Waals surface area contributed by atoms with Gasteiger partial charge < -0.3 is 10.2 Å². The molecule has 1 N–H and O–H groups in total. The third-order valence-corrected chi connectivity index (χ3v) is 4.35. The van der Waals surface area contributed by atoms with Gasteiger partial charge in [-0.1, -0.05) is 0 Å². The molecule has 1 aliphatic carbocycles. The number of hydrogen-bond donors (Lipinski definition) is 1. The highest BCUT2D eigenvalue weighted by Crippen LogP contribution is 2.18. The largest absolute Gasteiger partial charge is 0.314 e. The molecule has 0 aromatic carbocycles. The van der Waals surface area contributed by atoms with E-state index < -0.39 is 0 Å². The average Bonchev–Trinajstić information content (AvgIpc) is 3.08. The van der Waals surface area contributed by atoms with Crippen molar-refractivity contribution in [2.45, 2.75) is 57.7 Å². The number of thioether (sulfide) groups is 1. The van der Waals surface area contributed by atoms with Gasteiger partial charge in [0.15, 0.2) is 0 Å². The van der Waals surface area contributed by atoms with Gasteiger partial charge >= 0.3 is 0 Å². The lowest BCUT2D eigenvalue weighted by Gasteiger charge is -2.31. The highest BCUT2D eigenvalue weighted by atomic mass is 32.2. The zero-order valence-corrected chi connectivity index (χ0v) is 12.1. The molecule has 0 aromatic rings. The van der Waals surface area contributed by atoms with E-state index in [-0.39, 0.29) is 0 Å². The zero-order chi connectivity index (χ0) is 12.0. The van der Waals surface area contributed by atoms with Crippen LogP contribution in [0.1, 0.15) is 39.5 Å². The van der Waals surface area contributed by atoms with Crippen LogP contribution in [0.25, 0.3) is 0 Å². The van der Waals surface area contributed by atoms with Crippen LogP contribution >= 0.6 is 11.8 Å². The third-order valence-electron chi connectivity index (χ3n) is 3.70. The lowest BCUT2D eigenvalue weighted by molar-refractivity contribution is 0.183. The van der Waals surface area contributed by atoms with E-state index >= 15 is 0 Å². The normalized spacial score (nSPS) is 20.1. The van der Waals surface area contributed by atoms with Crippen LogP contribution in [0.15, 0.2) is 0 Å². The molecule has 0 radical (unpaired) electrons. The minimum atomic E-state index is 0.697. The first-order valence-electron chi connectivity index (χ1n) is 6.59. The molecule has 3 heteroatoms. The van der Waals surface area contributed by atoms with E-state index in [1.165, 1.54) is 38.0 Å². The van der Waals surface area contributed by atoms with Gasteiger partial charge in [0.05, 0.1) is 0 Å². The van der Waals surface area contributed by atoms with Crippen LogP contribution in [0, 0.1) is 0 Å². The van der Waals surface area contributed by atoms with E-state index in [1.54, 1.807) is 0 Å². The van der Waals surface area contributed by atoms with Gasteiger partial charge in [-0.05, 0) is 65.1 Å².